The molecule has 3 aromatic rings. The molecule has 5 heteroatoms. The van der Waals surface area contributed by atoms with Crippen molar-refractivity contribution >= 4 is 11.6 Å². The molecule has 0 unspecified atom stereocenters. The van der Waals surface area contributed by atoms with Gasteiger partial charge in [-0.25, -0.2) is 4.98 Å². The largest absolute Gasteiger partial charge is 0.496 e. The van der Waals surface area contributed by atoms with Gasteiger partial charge in [0.1, 0.15) is 5.75 Å². The lowest BCUT2D eigenvalue weighted by Gasteiger charge is -2.09. The van der Waals surface area contributed by atoms with Gasteiger partial charge in [0.15, 0.2) is 0 Å². The van der Waals surface area contributed by atoms with E-state index < -0.39 is 0 Å². The quantitative estimate of drug-likeness (QED) is 0.755. The number of methoxy groups -OCH3 is 1. The van der Waals surface area contributed by atoms with Crippen molar-refractivity contribution in [1.29, 1.82) is 0 Å². The number of para-hydroxylation sites is 1. The molecule has 1 amide bonds. The lowest BCUT2D eigenvalue weighted by molar-refractivity contribution is -0.115. The van der Waals surface area contributed by atoms with Crippen molar-refractivity contribution in [2.24, 2.45) is 0 Å². The van der Waals surface area contributed by atoms with Crippen LogP contribution in [0.2, 0.25) is 0 Å². The zero-order chi connectivity index (χ0) is 16.9. The van der Waals surface area contributed by atoms with E-state index >= 15 is 0 Å². The maximum absolute atomic E-state index is 12.2. The Morgan fingerprint density at radius 1 is 1.17 bits per heavy atom. The highest BCUT2D eigenvalue weighted by atomic mass is 16.5. The molecule has 0 spiro atoms. The number of rotatable bonds is 5. The van der Waals surface area contributed by atoms with Crippen molar-refractivity contribution in [2.75, 3.05) is 12.4 Å². The molecule has 2 aromatic carbocycles. The minimum absolute atomic E-state index is 0.0804. The molecular formula is C19H19N3O2. The first-order chi connectivity index (χ1) is 11.7. The minimum Gasteiger partial charge on any atom is -0.496 e. The fourth-order valence-corrected chi connectivity index (χ4v) is 2.59. The van der Waals surface area contributed by atoms with Gasteiger partial charge in [-0.15, -0.1) is 0 Å². The van der Waals surface area contributed by atoms with Crippen molar-refractivity contribution in [1.82, 2.24) is 9.97 Å². The summed E-state index contributed by atoms with van der Waals surface area (Å²) < 4.78 is 5.27. The van der Waals surface area contributed by atoms with Crippen LogP contribution in [0.5, 0.6) is 5.75 Å². The highest BCUT2D eigenvalue weighted by Gasteiger charge is 2.09. The van der Waals surface area contributed by atoms with E-state index in [1.807, 2.05) is 55.5 Å². The standard InChI is InChI=1S/C19H19N3O2/c1-13-19(21-12-20-13)14-7-9-16(10-8-14)22-18(23)11-15-5-3-4-6-17(15)24-2/h3-10,12H,11H2,1-2H3,(H,20,21)(H,22,23). The Bertz CT molecular complexity index is 838. The van der Waals surface area contributed by atoms with Gasteiger partial charge >= 0.3 is 0 Å². The molecule has 2 N–H and O–H groups in total. The van der Waals surface area contributed by atoms with Crippen molar-refractivity contribution in [3.8, 4) is 17.0 Å². The van der Waals surface area contributed by atoms with Crippen LogP contribution < -0.4 is 10.1 Å². The second-order valence-corrected chi connectivity index (χ2v) is 5.49. The van der Waals surface area contributed by atoms with E-state index in [2.05, 4.69) is 15.3 Å². The third kappa shape index (κ3) is 3.46. The molecule has 0 aliphatic heterocycles. The number of anilines is 1. The van der Waals surface area contributed by atoms with E-state index in [4.69, 9.17) is 4.74 Å². The van der Waals surface area contributed by atoms with Crippen LogP contribution in [0.25, 0.3) is 11.3 Å². The van der Waals surface area contributed by atoms with Gasteiger partial charge in [0, 0.05) is 22.5 Å². The van der Waals surface area contributed by atoms with Crippen LogP contribution in [0, 0.1) is 6.92 Å². The summed E-state index contributed by atoms with van der Waals surface area (Å²) in [6.45, 7) is 1.98. The lowest BCUT2D eigenvalue weighted by atomic mass is 10.1. The maximum atomic E-state index is 12.2. The number of H-pyrrole nitrogens is 1. The normalized spacial score (nSPS) is 10.4. The smallest absolute Gasteiger partial charge is 0.228 e. The molecule has 1 aromatic heterocycles. The topological polar surface area (TPSA) is 67.0 Å². The fraction of sp³-hybridized carbons (Fsp3) is 0.158. The van der Waals surface area contributed by atoms with Crippen molar-refractivity contribution in [3.63, 3.8) is 0 Å². The Balaban J connectivity index is 1.68. The Labute approximate surface area is 140 Å². The minimum atomic E-state index is -0.0804. The Morgan fingerprint density at radius 3 is 2.58 bits per heavy atom. The molecule has 0 aliphatic carbocycles. The van der Waals surface area contributed by atoms with Crippen LogP contribution in [0.3, 0.4) is 0 Å². The van der Waals surface area contributed by atoms with E-state index in [1.54, 1.807) is 13.4 Å². The number of nitrogens with zero attached hydrogens (tertiary/aromatic N) is 1. The van der Waals surface area contributed by atoms with Gasteiger partial charge in [-0.2, -0.15) is 0 Å². The summed E-state index contributed by atoms with van der Waals surface area (Å²) in [5.41, 5.74) is 4.56. The number of nitrogens with one attached hydrogen (secondary N) is 2. The first-order valence-corrected chi connectivity index (χ1v) is 7.69. The van der Waals surface area contributed by atoms with E-state index in [1.165, 1.54) is 0 Å². The number of aromatic amines is 1. The molecule has 24 heavy (non-hydrogen) atoms. The van der Waals surface area contributed by atoms with Crippen molar-refractivity contribution in [3.05, 3.63) is 66.1 Å². The number of amides is 1. The van der Waals surface area contributed by atoms with E-state index in [-0.39, 0.29) is 12.3 Å². The average Bonchev–Trinajstić information content (AvgIpc) is 3.02. The summed E-state index contributed by atoms with van der Waals surface area (Å²) in [4.78, 5) is 19.6. The Kier molecular flexibility index (Phi) is 4.61. The number of aryl methyl sites for hydroxylation is 1. The number of hydrogen-bond donors (Lipinski definition) is 2. The summed E-state index contributed by atoms with van der Waals surface area (Å²) in [6, 6.07) is 15.2. The van der Waals surface area contributed by atoms with Crippen LogP contribution in [0.15, 0.2) is 54.9 Å². The number of aromatic nitrogens is 2. The molecule has 0 bridgehead atoms. The summed E-state index contributed by atoms with van der Waals surface area (Å²) in [7, 11) is 1.60. The first kappa shape index (κ1) is 15.8. The molecular weight excluding hydrogens is 302 g/mol. The zero-order valence-corrected chi connectivity index (χ0v) is 13.7. The third-order valence-electron chi connectivity index (χ3n) is 3.82. The van der Waals surface area contributed by atoms with E-state index in [0.717, 1.165) is 34.0 Å². The number of hydrogen-bond acceptors (Lipinski definition) is 3. The molecule has 3 rings (SSSR count). The molecule has 5 nitrogen and oxygen atoms in total. The summed E-state index contributed by atoms with van der Waals surface area (Å²) in [6.07, 6.45) is 1.94. The van der Waals surface area contributed by atoms with Gasteiger partial charge in [0.05, 0.1) is 25.6 Å². The molecule has 0 radical (unpaired) electrons. The molecule has 0 saturated heterocycles. The molecule has 0 atom stereocenters. The van der Waals surface area contributed by atoms with Gasteiger partial charge in [-0.1, -0.05) is 30.3 Å². The van der Waals surface area contributed by atoms with Gasteiger partial charge < -0.3 is 15.0 Å². The number of carbonyl (C=O) groups excluding carboxylic acids is 1. The molecule has 122 valence electrons. The predicted molar refractivity (Wildman–Crippen MR) is 94.1 cm³/mol. The first-order valence-electron chi connectivity index (χ1n) is 7.69. The number of carbonyl (C=O) groups is 1. The average molecular weight is 321 g/mol. The Hall–Kier alpha value is -3.08. The Morgan fingerprint density at radius 2 is 1.92 bits per heavy atom. The number of ether oxygens (including phenoxy) is 1. The second-order valence-electron chi connectivity index (χ2n) is 5.49. The molecule has 1 heterocycles. The number of benzene rings is 2. The van der Waals surface area contributed by atoms with E-state index in [0.29, 0.717) is 0 Å². The molecule has 0 aliphatic rings. The highest BCUT2D eigenvalue weighted by molar-refractivity contribution is 5.92. The zero-order valence-electron chi connectivity index (χ0n) is 13.7. The second kappa shape index (κ2) is 7.00. The maximum Gasteiger partial charge on any atom is 0.228 e. The molecule has 0 saturated carbocycles. The van der Waals surface area contributed by atoms with Crippen LogP contribution in [-0.2, 0) is 11.2 Å². The van der Waals surface area contributed by atoms with Crippen LogP contribution in [-0.4, -0.2) is 23.0 Å². The summed E-state index contributed by atoms with van der Waals surface area (Å²) in [5.74, 6) is 0.639. The van der Waals surface area contributed by atoms with Gasteiger partial charge in [-0.05, 0) is 25.1 Å². The number of imidazole rings is 1. The van der Waals surface area contributed by atoms with Gasteiger partial charge in [-0.3, -0.25) is 4.79 Å². The third-order valence-corrected chi connectivity index (χ3v) is 3.82. The predicted octanol–water partition coefficient (Wildman–Crippen LogP) is 3.57. The van der Waals surface area contributed by atoms with Crippen molar-refractivity contribution in [2.45, 2.75) is 13.3 Å². The highest BCUT2D eigenvalue weighted by Crippen LogP contribution is 2.22. The van der Waals surface area contributed by atoms with E-state index in [9.17, 15) is 4.79 Å². The van der Waals surface area contributed by atoms with Gasteiger partial charge in [0.25, 0.3) is 0 Å². The van der Waals surface area contributed by atoms with Gasteiger partial charge in [0.2, 0.25) is 5.91 Å². The fourth-order valence-electron chi connectivity index (χ4n) is 2.59. The SMILES string of the molecule is COc1ccccc1CC(=O)Nc1ccc(-c2nc[nH]c2C)cc1. The van der Waals surface area contributed by atoms with Crippen LogP contribution in [0.4, 0.5) is 5.69 Å². The molecule has 0 fully saturated rings. The van der Waals surface area contributed by atoms with Crippen molar-refractivity contribution < 1.29 is 9.53 Å². The van der Waals surface area contributed by atoms with Crippen LogP contribution in [0.1, 0.15) is 11.3 Å². The lowest BCUT2D eigenvalue weighted by Crippen LogP contribution is -2.14. The van der Waals surface area contributed by atoms with Crippen LogP contribution >= 0.6 is 0 Å². The summed E-state index contributed by atoms with van der Waals surface area (Å²) >= 11 is 0. The monoisotopic (exact) mass is 321 g/mol. The summed E-state index contributed by atoms with van der Waals surface area (Å²) in [5, 5.41) is 2.91.